The molecule has 3 aromatic rings. The van der Waals surface area contributed by atoms with Gasteiger partial charge in [0, 0.05) is 11.5 Å². The monoisotopic (exact) mass is 301 g/mol. The third-order valence-corrected chi connectivity index (χ3v) is 4.80. The van der Waals surface area contributed by atoms with Gasteiger partial charge in [0.25, 0.3) is 0 Å². The van der Waals surface area contributed by atoms with E-state index in [0.29, 0.717) is 5.92 Å². The van der Waals surface area contributed by atoms with E-state index in [2.05, 4.69) is 10.1 Å². The summed E-state index contributed by atoms with van der Waals surface area (Å²) in [6, 6.07) is 7.71. The number of fused-ring (bicyclic) bond motifs is 1. The molecule has 1 aliphatic rings. The van der Waals surface area contributed by atoms with E-state index in [1.807, 2.05) is 24.3 Å². The van der Waals surface area contributed by atoms with Gasteiger partial charge < -0.3 is 9.84 Å². The Hall–Kier alpha value is -1.92. The average molecular weight is 301 g/mol. The highest BCUT2D eigenvalue weighted by Crippen LogP contribution is 2.42. The van der Waals surface area contributed by atoms with E-state index in [1.165, 1.54) is 12.8 Å². The van der Waals surface area contributed by atoms with Crippen molar-refractivity contribution >= 4 is 16.3 Å². The van der Waals surface area contributed by atoms with Crippen molar-refractivity contribution in [1.29, 1.82) is 0 Å². The van der Waals surface area contributed by atoms with Crippen LogP contribution in [0.1, 0.15) is 29.5 Å². The van der Waals surface area contributed by atoms with Gasteiger partial charge in [0.2, 0.25) is 4.96 Å². The number of ether oxygens (including phenoxy) is 1. The number of aliphatic hydroxyl groups is 1. The molecule has 0 amide bonds. The van der Waals surface area contributed by atoms with Crippen molar-refractivity contribution in [2.75, 3.05) is 7.11 Å². The van der Waals surface area contributed by atoms with Crippen molar-refractivity contribution in [2.24, 2.45) is 0 Å². The topological polar surface area (TPSA) is 59.7 Å². The van der Waals surface area contributed by atoms with Crippen LogP contribution in [0.5, 0.6) is 5.75 Å². The molecule has 0 unspecified atom stereocenters. The minimum atomic E-state index is -0.0818. The Labute approximate surface area is 125 Å². The molecule has 2 aromatic heterocycles. The summed E-state index contributed by atoms with van der Waals surface area (Å²) in [5, 5.41) is 15.5. The maximum atomic E-state index is 9.73. The number of hydrogen-bond donors (Lipinski definition) is 1. The minimum absolute atomic E-state index is 0.0818. The van der Waals surface area contributed by atoms with E-state index in [1.54, 1.807) is 23.0 Å². The molecule has 0 radical (unpaired) electrons. The summed E-state index contributed by atoms with van der Waals surface area (Å²) in [4.78, 5) is 5.51. The van der Waals surface area contributed by atoms with Crippen LogP contribution in [0.2, 0.25) is 0 Å². The van der Waals surface area contributed by atoms with Gasteiger partial charge in [-0.25, -0.2) is 9.50 Å². The maximum absolute atomic E-state index is 9.73. The van der Waals surface area contributed by atoms with Crippen LogP contribution < -0.4 is 4.74 Å². The zero-order valence-corrected chi connectivity index (χ0v) is 12.4. The lowest BCUT2D eigenvalue weighted by atomic mass is 10.1. The summed E-state index contributed by atoms with van der Waals surface area (Å²) >= 11 is 1.62. The number of benzene rings is 1. The second kappa shape index (κ2) is 4.82. The number of nitrogens with zero attached hydrogens (tertiary/aromatic N) is 3. The molecule has 0 aliphatic heterocycles. The van der Waals surface area contributed by atoms with Gasteiger partial charge in [-0.1, -0.05) is 23.5 Å². The number of methoxy groups -OCH3 is 1. The first-order chi connectivity index (χ1) is 10.3. The first-order valence-electron chi connectivity index (χ1n) is 6.93. The largest absolute Gasteiger partial charge is 0.497 e. The third kappa shape index (κ3) is 2.11. The van der Waals surface area contributed by atoms with E-state index >= 15 is 0 Å². The second-order valence-electron chi connectivity index (χ2n) is 5.21. The van der Waals surface area contributed by atoms with E-state index in [-0.39, 0.29) is 6.61 Å². The van der Waals surface area contributed by atoms with Crippen LogP contribution in [0.25, 0.3) is 16.2 Å². The fourth-order valence-corrected chi connectivity index (χ4v) is 3.53. The van der Waals surface area contributed by atoms with Gasteiger partial charge in [-0.05, 0) is 25.0 Å². The lowest BCUT2D eigenvalue weighted by Crippen LogP contribution is -1.96. The SMILES string of the molecule is COc1cccc(-c2nc3sc(C4CC4)nn3c2CO)c1. The van der Waals surface area contributed by atoms with Gasteiger partial charge in [-0.2, -0.15) is 5.10 Å². The predicted octanol–water partition coefficient (Wildman–Crippen LogP) is 2.84. The zero-order valence-electron chi connectivity index (χ0n) is 11.6. The Balaban J connectivity index is 1.85. The molecule has 1 fully saturated rings. The van der Waals surface area contributed by atoms with Crippen LogP contribution in [0.4, 0.5) is 0 Å². The molecule has 0 bridgehead atoms. The van der Waals surface area contributed by atoms with E-state index < -0.39 is 0 Å². The van der Waals surface area contributed by atoms with E-state index in [0.717, 1.165) is 32.7 Å². The van der Waals surface area contributed by atoms with Gasteiger partial charge >= 0.3 is 0 Å². The zero-order chi connectivity index (χ0) is 14.4. The van der Waals surface area contributed by atoms with Crippen LogP contribution in [-0.2, 0) is 6.61 Å². The van der Waals surface area contributed by atoms with Crippen molar-refractivity contribution in [3.8, 4) is 17.0 Å². The molecule has 6 heteroatoms. The Morgan fingerprint density at radius 1 is 1.43 bits per heavy atom. The third-order valence-electron chi connectivity index (χ3n) is 3.73. The van der Waals surface area contributed by atoms with Gasteiger partial charge in [0.05, 0.1) is 25.1 Å². The molecule has 1 aliphatic carbocycles. The lowest BCUT2D eigenvalue weighted by Gasteiger charge is -2.04. The number of imidazole rings is 1. The van der Waals surface area contributed by atoms with Gasteiger partial charge in [-0.3, -0.25) is 0 Å². The summed E-state index contributed by atoms with van der Waals surface area (Å²) in [6.45, 7) is -0.0818. The number of rotatable bonds is 4. The van der Waals surface area contributed by atoms with Crippen molar-refractivity contribution < 1.29 is 9.84 Å². The Morgan fingerprint density at radius 2 is 2.29 bits per heavy atom. The van der Waals surface area contributed by atoms with Crippen molar-refractivity contribution in [1.82, 2.24) is 14.6 Å². The molecule has 1 aromatic carbocycles. The molecule has 0 spiro atoms. The molecular formula is C15H15N3O2S. The molecule has 1 N–H and O–H groups in total. The van der Waals surface area contributed by atoms with Gasteiger partial charge in [0.15, 0.2) is 0 Å². The molecule has 108 valence electrons. The average Bonchev–Trinajstić information content (AvgIpc) is 3.19. The molecule has 0 saturated heterocycles. The molecule has 0 atom stereocenters. The highest BCUT2D eigenvalue weighted by Gasteiger charge is 2.29. The molecule has 4 rings (SSSR count). The predicted molar refractivity (Wildman–Crippen MR) is 80.7 cm³/mol. The van der Waals surface area contributed by atoms with Crippen LogP contribution in [0, 0.1) is 0 Å². The summed E-state index contributed by atoms with van der Waals surface area (Å²) in [5.41, 5.74) is 2.45. The second-order valence-corrected chi connectivity index (χ2v) is 6.19. The fraction of sp³-hybridized carbons (Fsp3) is 0.333. The summed E-state index contributed by atoms with van der Waals surface area (Å²) in [7, 11) is 1.64. The Kier molecular flexibility index (Phi) is 2.94. The smallest absolute Gasteiger partial charge is 0.213 e. The molecular weight excluding hydrogens is 286 g/mol. The number of aromatic nitrogens is 3. The summed E-state index contributed by atoms with van der Waals surface area (Å²) in [5.74, 6) is 1.38. The first kappa shape index (κ1) is 12.8. The summed E-state index contributed by atoms with van der Waals surface area (Å²) < 4.78 is 7.04. The molecule has 21 heavy (non-hydrogen) atoms. The van der Waals surface area contributed by atoms with Crippen molar-refractivity contribution in [3.05, 3.63) is 35.0 Å². The van der Waals surface area contributed by atoms with Crippen LogP contribution in [0.15, 0.2) is 24.3 Å². The standard InChI is InChI=1S/C15H15N3O2S/c1-20-11-4-2-3-10(7-11)13-12(8-19)18-15(16-13)21-14(17-18)9-5-6-9/h2-4,7,9,19H,5-6,8H2,1H3. The van der Waals surface area contributed by atoms with E-state index in [4.69, 9.17) is 4.74 Å². The number of hydrogen-bond acceptors (Lipinski definition) is 5. The van der Waals surface area contributed by atoms with Crippen molar-refractivity contribution in [3.63, 3.8) is 0 Å². The minimum Gasteiger partial charge on any atom is -0.497 e. The quantitative estimate of drug-likeness (QED) is 0.805. The summed E-state index contributed by atoms with van der Waals surface area (Å²) in [6.07, 6.45) is 2.43. The molecule has 1 saturated carbocycles. The Bertz CT molecular complexity index is 804. The van der Waals surface area contributed by atoms with Crippen LogP contribution in [0.3, 0.4) is 0 Å². The van der Waals surface area contributed by atoms with E-state index in [9.17, 15) is 5.11 Å². The highest BCUT2D eigenvalue weighted by atomic mass is 32.1. The maximum Gasteiger partial charge on any atom is 0.213 e. The Morgan fingerprint density at radius 3 is 3.00 bits per heavy atom. The van der Waals surface area contributed by atoms with Crippen LogP contribution in [-0.4, -0.2) is 26.8 Å². The number of aliphatic hydroxyl groups excluding tert-OH is 1. The lowest BCUT2D eigenvalue weighted by molar-refractivity contribution is 0.275. The first-order valence-corrected chi connectivity index (χ1v) is 7.75. The fourth-order valence-electron chi connectivity index (χ4n) is 2.44. The molecule has 2 heterocycles. The molecule has 5 nitrogen and oxygen atoms in total. The highest BCUT2D eigenvalue weighted by molar-refractivity contribution is 7.16. The van der Waals surface area contributed by atoms with Gasteiger partial charge in [-0.15, -0.1) is 0 Å². The van der Waals surface area contributed by atoms with Gasteiger partial charge in [0.1, 0.15) is 10.8 Å². The normalized spacial score (nSPS) is 14.8. The van der Waals surface area contributed by atoms with Crippen LogP contribution >= 0.6 is 11.3 Å². The van der Waals surface area contributed by atoms with Crippen molar-refractivity contribution in [2.45, 2.75) is 25.4 Å².